The molecule has 0 radical (unpaired) electrons. The molecule has 2 aromatic rings. The average Bonchev–Trinajstić information content (AvgIpc) is 2.67. The minimum absolute atomic E-state index is 0.172. The Hall–Kier alpha value is -2.67. The highest BCUT2D eigenvalue weighted by Crippen LogP contribution is 2.21. The number of hydrogen-bond acceptors (Lipinski definition) is 5. The van der Waals surface area contributed by atoms with Crippen molar-refractivity contribution >= 4 is 23.6 Å². The van der Waals surface area contributed by atoms with Crippen LogP contribution in [0.15, 0.2) is 47.4 Å². The molecule has 2 N–H and O–H groups in total. The van der Waals surface area contributed by atoms with E-state index in [9.17, 15) is 9.59 Å². The number of ether oxygens (including phenoxy) is 2. The number of thioether (sulfide) groups is 1. The Labute approximate surface area is 163 Å². The van der Waals surface area contributed by atoms with Crippen LogP contribution in [-0.4, -0.2) is 30.8 Å². The molecule has 0 saturated carbocycles. The highest BCUT2D eigenvalue weighted by Gasteiger charge is 2.07. The molecule has 0 aromatic heterocycles. The van der Waals surface area contributed by atoms with Gasteiger partial charge in [0.1, 0.15) is 11.5 Å². The topological polar surface area (TPSA) is 76.7 Å². The molecule has 0 saturated heterocycles. The zero-order chi connectivity index (χ0) is 19.6. The second kappa shape index (κ2) is 10.5. The number of hydrogen-bond donors (Lipinski definition) is 2. The van der Waals surface area contributed by atoms with E-state index in [4.69, 9.17) is 9.47 Å². The van der Waals surface area contributed by atoms with Gasteiger partial charge < -0.3 is 9.47 Å². The highest BCUT2D eigenvalue weighted by atomic mass is 32.2. The lowest BCUT2D eigenvalue weighted by molar-refractivity contribution is -0.128. The first-order valence-electron chi connectivity index (χ1n) is 8.61. The van der Waals surface area contributed by atoms with Gasteiger partial charge in [-0.1, -0.05) is 6.07 Å². The van der Waals surface area contributed by atoms with Crippen molar-refractivity contribution in [2.24, 2.45) is 0 Å². The Morgan fingerprint density at radius 3 is 2.22 bits per heavy atom. The van der Waals surface area contributed by atoms with Gasteiger partial charge in [0.15, 0.2) is 6.61 Å². The van der Waals surface area contributed by atoms with Crippen LogP contribution in [0, 0.1) is 13.8 Å². The molecule has 0 aliphatic rings. The first-order chi connectivity index (χ1) is 13.0. The molecule has 2 amide bonds. The summed E-state index contributed by atoms with van der Waals surface area (Å²) < 4.78 is 10.8. The molecule has 0 heterocycles. The number of hydrazine groups is 1. The Morgan fingerprint density at radius 1 is 0.889 bits per heavy atom. The lowest BCUT2D eigenvalue weighted by atomic mass is 10.1. The Morgan fingerprint density at radius 2 is 1.56 bits per heavy atom. The maximum Gasteiger partial charge on any atom is 0.276 e. The van der Waals surface area contributed by atoms with Crippen LogP contribution in [0.5, 0.6) is 11.5 Å². The van der Waals surface area contributed by atoms with Crippen molar-refractivity contribution in [1.82, 2.24) is 10.9 Å². The number of nitrogens with one attached hydrogen (secondary N) is 2. The predicted molar refractivity (Wildman–Crippen MR) is 106 cm³/mol. The smallest absolute Gasteiger partial charge is 0.276 e. The fourth-order valence-electron chi connectivity index (χ4n) is 2.11. The van der Waals surface area contributed by atoms with E-state index < -0.39 is 5.91 Å². The second-order valence-corrected chi connectivity index (χ2v) is 6.87. The van der Waals surface area contributed by atoms with Crippen LogP contribution in [0.25, 0.3) is 0 Å². The molecule has 144 valence electrons. The standard InChI is InChI=1S/C20H24N2O4S/c1-4-25-16-7-9-18(10-8-16)27-13-20(24)22-21-19(23)12-26-17-6-5-14(2)15(3)11-17/h5-11H,4,12-13H2,1-3H3,(H,21,23)(H,22,24). The van der Waals surface area contributed by atoms with Gasteiger partial charge in [0.2, 0.25) is 5.91 Å². The van der Waals surface area contributed by atoms with E-state index in [1.54, 1.807) is 0 Å². The first-order valence-corrected chi connectivity index (χ1v) is 9.60. The monoisotopic (exact) mass is 388 g/mol. The summed E-state index contributed by atoms with van der Waals surface area (Å²) in [6.45, 7) is 6.35. The van der Waals surface area contributed by atoms with Gasteiger partial charge in [-0.3, -0.25) is 20.4 Å². The van der Waals surface area contributed by atoms with E-state index in [2.05, 4.69) is 10.9 Å². The lowest BCUT2D eigenvalue weighted by Gasteiger charge is -2.10. The van der Waals surface area contributed by atoms with Gasteiger partial charge in [0.05, 0.1) is 12.4 Å². The Bertz CT molecular complexity index is 778. The highest BCUT2D eigenvalue weighted by molar-refractivity contribution is 8.00. The van der Waals surface area contributed by atoms with Crippen LogP contribution < -0.4 is 20.3 Å². The molecule has 0 spiro atoms. The average molecular weight is 388 g/mol. The molecule has 0 fully saturated rings. The lowest BCUT2D eigenvalue weighted by Crippen LogP contribution is -2.44. The van der Waals surface area contributed by atoms with Gasteiger partial charge in [-0.25, -0.2) is 0 Å². The molecule has 2 rings (SSSR count). The van der Waals surface area contributed by atoms with Gasteiger partial charge in [-0.2, -0.15) is 0 Å². The zero-order valence-electron chi connectivity index (χ0n) is 15.7. The van der Waals surface area contributed by atoms with Crippen molar-refractivity contribution in [3.8, 4) is 11.5 Å². The van der Waals surface area contributed by atoms with Crippen molar-refractivity contribution < 1.29 is 19.1 Å². The van der Waals surface area contributed by atoms with Crippen molar-refractivity contribution in [2.75, 3.05) is 19.0 Å². The SMILES string of the molecule is CCOc1ccc(SCC(=O)NNC(=O)COc2ccc(C)c(C)c2)cc1. The fourth-order valence-corrected chi connectivity index (χ4v) is 2.81. The predicted octanol–water partition coefficient (Wildman–Crippen LogP) is 3.02. The first kappa shape index (κ1) is 20.6. The van der Waals surface area contributed by atoms with Crippen molar-refractivity contribution in [3.05, 3.63) is 53.6 Å². The number of aryl methyl sites for hydroxylation is 2. The minimum atomic E-state index is -0.423. The summed E-state index contributed by atoms with van der Waals surface area (Å²) in [5.41, 5.74) is 6.97. The molecule has 0 bridgehead atoms. The van der Waals surface area contributed by atoms with E-state index in [1.165, 1.54) is 11.8 Å². The number of carbonyl (C=O) groups is 2. The van der Waals surface area contributed by atoms with E-state index in [0.717, 1.165) is 21.8 Å². The summed E-state index contributed by atoms with van der Waals surface area (Å²) in [5.74, 6) is 0.876. The summed E-state index contributed by atoms with van der Waals surface area (Å²) in [6.07, 6.45) is 0. The van der Waals surface area contributed by atoms with E-state index in [0.29, 0.717) is 12.4 Å². The third kappa shape index (κ3) is 7.22. The molecule has 7 heteroatoms. The van der Waals surface area contributed by atoms with Crippen molar-refractivity contribution in [3.63, 3.8) is 0 Å². The molecule has 6 nitrogen and oxygen atoms in total. The van der Waals surface area contributed by atoms with Gasteiger partial charge in [-0.05, 0) is 68.3 Å². The molecule has 0 atom stereocenters. The maximum atomic E-state index is 11.8. The van der Waals surface area contributed by atoms with Gasteiger partial charge >= 0.3 is 0 Å². The number of rotatable bonds is 8. The van der Waals surface area contributed by atoms with E-state index >= 15 is 0 Å². The Balaban J connectivity index is 1.66. The largest absolute Gasteiger partial charge is 0.494 e. The summed E-state index contributed by atoms with van der Waals surface area (Å²) in [6, 6.07) is 13.1. The second-order valence-electron chi connectivity index (χ2n) is 5.82. The molecule has 27 heavy (non-hydrogen) atoms. The van der Waals surface area contributed by atoms with E-state index in [-0.39, 0.29) is 18.3 Å². The van der Waals surface area contributed by atoms with Gasteiger partial charge in [0.25, 0.3) is 5.91 Å². The molecular formula is C20H24N2O4S. The van der Waals surface area contributed by atoms with Crippen LogP contribution in [0.4, 0.5) is 0 Å². The minimum Gasteiger partial charge on any atom is -0.494 e. The molecule has 0 unspecified atom stereocenters. The van der Waals surface area contributed by atoms with Crippen molar-refractivity contribution in [1.29, 1.82) is 0 Å². The molecule has 0 aliphatic heterocycles. The number of amides is 2. The number of carbonyl (C=O) groups excluding carboxylic acids is 2. The normalized spacial score (nSPS) is 10.2. The quantitative estimate of drug-likeness (QED) is 0.537. The van der Waals surface area contributed by atoms with Crippen molar-refractivity contribution in [2.45, 2.75) is 25.7 Å². The molecular weight excluding hydrogens is 364 g/mol. The number of benzene rings is 2. The van der Waals surface area contributed by atoms with Crippen LogP contribution in [-0.2, 0) is 9.59 Å². The third-order valence-corrected chi connectivity index (χ3v) is 4.71. The van der Waals surface area contributed by atoms with E-state index in [1.807, 2.05) is 63.2 Å². The summed E-state index contributed by atoms with van der Waals surface area (Å²) >= 11 is 1.37. The third-order valence-electron chi connectivity index (χ3n) is 3.69. The van der Waals surface area contributed by atoms with Crippen LogP contribution in [0.1, 0.15) is 18.1 Å². The zero-order valence-corrected chi connectivity index (χ0v) is 16.5. The summed E-state index contributed by atoms with van der Waals surface area (Å²) in [7, 11) is 0. The fraction of sp³-hybridized carbons (Fsp3) is 0.300. The summed E-state index contributed by atoms with van der Waals surface area (Å²) in [5, 5.41) is 0. The van der Waals surface area contributed by atoms with Crippen LogP contribution >= 0.6 is 11.8 Å². The van der Waals surface area contributed by atoms with Gasteiger partial charge in [-0.15, -0.1) is 11.8 Å². The van der Waals surface area contributed by atoms with Crippen LogP contribution in [0.2, 0.25) is 0 Å². The Kier molecular flexibility index (Phi) is 8.00. The van der Waals surface area contributed by atoms with Gasteiger partial charge in [0, 0.05) is 4.90 Å². The summed E-state index contributed by atoms with van der Waals surface area (Å²) in [4.78, 5) is 24.6. The van der Waals surface area contributed by atoms with Crippen LogP contribution in [0.3, 0.4) is 0 Å². The maximum absolute atomic E-state index is 11.8. The molecule has 2 aromatic carbocycles. The molecule has 0 aliphatic carbocycles.